The summed E-state index contributed by atoms with van der Waals surface area (Å²) in [6.07, 6.45) is 11.9. The van der Waals surface area contributed by atoms with Crippen LogP contribution in [0.15, 0.2) is 24.8 Å². The number of nitrogens with zero attached hydrogens (tertiary/aromatic N) is 5. The minimum Gasteiger partial charge on any atom is -0.460 e. The normalized spacial score (nSPS) is 22.9. The molecule has 2 fully saturated rings. The third kappa shape index (κ3) is 3.27. The van der Waals surface area contributed by atoms with Crippen molar-refractivity contribution in [3.8, 4) is 6.07 Å². The van der Waals surface area contributed by atoms with Crippen molar-refractivity contribution in [2.75, 3.05) is 18.0 Å². The van der Waals surface area contributed by atoms with Gasteiger partial charge in [0, 0.05) is 37.6 Å². The maximum absolute atomic E-state index is 12.7. The van der Waals surface area contributed by atoms with Gasteiger partial charge in [-0.25, -0.2) is 9.97 Å². The Morgan fingerprint density at radius 3 is 2.86 bits per heavy atom. The minimum atomic E-state index is -0.400. The molecule has 150 valence electrons. The van der Waals surface area contributed by atoms with Gasteiger partial charge in [-0.1, -0.05) is 0 Å². The summed E-state index contributed by atoms with van der Waals surface area (Å²) in [7, 11) is 0. The fourth-order valence-corrected chi connectivity index (χ4v) is 5.07. The zero-order chi connectivity index (χ0) is 19.8. The monoisotopic (exact) mass is 391 g/mol. The zero-order valence-corrected chi connectivity index (χ0v) is 16.5. The molecule has 0 aromatic carbocycles. The number of rotatable bonds is 3. The first-order valence-electron chi connectivity index (χ1n) is 10.5. The topological polar surface area (TPSA) is 84.0 Å². The van der Waals surface area contributed by atoms with Gasteiger partial charge in [-0.15, -0.1) is 0 Å². The summed E-state index contributed by atoms with van der Waals surface area (Å²) >= 11 is 0. The number of pyridine rings is 1. The van der Waals surface area contributed by atoms with E-state index < -0.39 is 5.41 Å². The van der Waals surface area contributed by atoms with Gasteiger partial charge in [0.25, 0.3) is 0 Å². The third-order valence-electron chi connectivity index (χ3n) is 6.72. The molecule has 7 nitrogen and oxygen atoms in total. The number of ether oxygens (including phenoxy) is 1. The van der Waals surface area contributed by atoms with Crippen molar-refractivity contribution in [2.24, 2.45) is 5.41 Å². The Morgan fingerprint density at radius 2 is 2.10 bits per heavy atom. The molecule has 0 amide bonds. The number of aryl methyl sites for hydroxylation is 2. The van der Waals surface area contributed by atoms with Crippen LogP contribution in [0, 0.1) is 16.7 Å². The van der Waals surface area contributed by atoms with Crippen LogP contribution < -0.4 is 4.90 Å². The summed E-state index contributed by atoms with van der Waals surface area (Å²) in [5, 5.41) is 9.66. The fraction of sp³-hybridized carbons (Fsp3) is 0.545. The third-order valence-corrected chi connectivity index (χ3v) is 6.72. The van der Waals surface area contributed by atoms with Gasteiger partial charge in [-0.2, -0.15) is 5.26 Å². The number of esters is 1. The molecule has 29 heavy (non-hydrogen) atoms. The van der Waals surface area contributed by atoms with Crippen molar-refractivity contribution < 1.29 is 9.53 Å². The molecule has 2 aliphatic heterocycles. The van der Waals surface area contributed by atoms with Crippen LogP contribution in [0.4, 0.5) is 5.82 Å². The number of piperidine rings is 1. The Morgan fingerprint density at radius 1 is 1.28 bits per heavy atom. The summed E-state index contributed by atoms with van der Waals surface area (Å²) < 4.78 is 7.67. The van der Waals surface area contributed by atoms with Crippen LogP contribution in [0.1, 0.15) is 48.9 Å². The first-order chi connectivity index (χ1) is 14.2. The lowest BCUT2D eigenvalue weighted by atomic mass is 9.76. The van der Waals surface area contributed by atoms with E-state index in [4.69, 9.17) is 9.72 Å². The second-order valence-electron chi connectivity index (χ2n) is 8.54. The summed E-state index contributed by atoms with van der Waals surface area (Å²) in [5.74, 6) is 0.727. The number of fused-ring (bicyclic) bond motifs is 1. The Hall–Kier alpha value is -2.88. The first-order valence-corrected chi connectivity index (χ1v) is 10.5. The van der Waals surface area contributed by atoms with E-state index in [-0.39, 0.29) is 12.1 Å². The van der Waals surface area contributed by atoms with Crippen LogP contribution in [0.2, 0.25) is 0 Å². The maximum Gasteiger partial charge on any atom is 0.312 e. The molecule has 5 rings (SSSR count). The van der Waals surface area contributed by atoms with Crippen LogP contribution in [0.5, 0.6) is 0 Å². The SMILES string of the molecule is N#Cc1cc2c(nc1N1CCC3(CC1)CC(Cn1ccnc1)OC3=O)CCCC2. The molecule has 3 aliphatic rings. The zero-order valence-electron chi connectivity index (χ0n) is 16.5. The number of imidazole rings is 1. The van der Waals surface area contributed by atoms with E-state index in [9.17, 15) is 10.1 Å². The quantitative estimate of drug-likeness (QED) is 0.748. The number of nitriles is 1. The predicted molar refractivity (Wildman–Crippen MR) is 106 cm³/mol. The average Bonchev–Trinajstić information content (AvgIpc) is 3.36. The van der Waals surface area contributed by atoms with Crippen LogP contribution in [0.3, 0.4) is 0 Å². The number of anilines is 1. The Balaban J connectivity index is 1.30. The highest BCUT2D eigenvalue weighted by molar-refractivity contribution is 5.79. The summed E-state index contributed by atoms with van der Waals surface area (Å²) in [6, 6.07) is 4.37. The van der Waals surface area contributed by atoms with Gasteiger partial charge in [0.05, 0.1) is 23.9 Å². The fourth-order valence-electron chi connectivity index (χ4n) is 5.07. The smallest absolute Gasteiger partial charge is 0.312 e. The molecular formula is C22H25N5O2. The van der Waals surface area contributed by atoms with E-state index >= 15 is 0 Å². The number of hydrogen-bond donors (Lipinski definition) is 0. The summed E-state index contributed by atoms with van der Waals surface area (Å²) in [4.78, 5) is 23.8. The van der Waals surface area contributed by atoms with E-state index in [1.807, 2.05) is 16.8 Å². The van der Waals surface area contributed by atoms with Gasteiger partial charge >= 0.3 is 5.97 Å². The van der Waals surface area contributed by atoms with Crippen molar-refractivity contribution in [1.29, 1.82) is 5.26 Å². The molecule has 0 bridgehead atoms. The minimum absolute atomic E-state index is 0.0684. The Labute approximate surface area is 170 Å². The number of cyclic esters (lactones) is 1. The summed E-state index contributed by atoms with van der Waals surface area (Å²) in [6.45, 7) is 2.11. The number of aromatic nitrogens is 3. The second-order valence-corrected chi connectivity index (χ2v) is 8.54. The highest BCUT2D eigenvalue weighted by atomic mass is 16.6. The molecule has 1 unspecified atom stereocenters. The van der Waals surface area contributed by atoms with E-state index in [1.54, 1.807) is 12.5 Å². The molecule has 7 heteroatoms. The number of carbonyl (C=O) groups is 1. The molecule has 2 aromatic heterocycles. The molecule has 1 spiro atoms. The Kier molecular flexibility index (Phi) is 4.50. The van der Waals surface area contributed by atoms with E-state index in [2.05, 4.69) is 16.0 Å². The average molecular weight is 391 g/mol. The maximum atomic E-state index is 12.7. The van der Waals surface area contributed by atoms with E-state index in [0.717, 1.165) is 56.7 Å². The second kappa shape index (κ2) is 7.18. The van der Waals surface area contributed by atoms with Crippen LogP contribution in [-0.2, 0) is 28.9 Å². The molecule has 4 heterocycles. The van der Waals surface area contributed by atoms with Gasteiger partial charge in [0.1, 0.15) is 18.0 Å². The molecule has 0 N–H and O–H groups in total. The molecule has 2 saturated heterocycles. The largest absolute Gasteiger partial charge is 0.460 e. The Bertz CT molecular complexity index is 954. The predicted octanol–water partition coefficient (Wildman–Crippen LogP) is 2.63. The van der Waals surface area contributed by atoms with Crippen molar-refractivity contribution in [1.82, 2.24) is 14.5 Å². The van der Waals surface area contributed by atoms with Gasteiger partial charge < -0.3 is 14.2 Å². The van der Waals surface area contributed by atoms with Crippen LogP contribution in [-0.4, -0.2) is 39.7 Å². The summed E-state index contributed by atoms with van der Waals surface area (Å²) in [5.41, 5.74) is 2.63. The van der Waals surface area contributed by atoms with Crippen molar-refractivity contribution in [3.05, 3.63) is 41.6 Å². The van der Waals surface area contributed by atoms with Gasteiger partial charge in [-0.05, 0) is 50.2 Å². The van der Waals surface area contributed by atoms with E-state index in [0.29, 0.717) is 12.1 Å². The molecule has 1 aliphatic carbocycles. The van der Waals surface area contributed by atoms with Gasteiger partial charge in [0.2, 0.25) is 0 Å². The lowest BCUT2D eigenvalue weighted by Crippen LogP contribution is -2.43. The van der Waals surface area contributed by atoms with Crippen molar-refractivity contribution in [2.45, 2.75) is 57.6 Å². The van der Waals surface area contributed by atoms with Crippen molar-refractivity contribution >= 4 is 11.8 Å². The molecule has 0 saturated carbocycles. The number of hydrogen-bond acceptors (Lipinski definition) is 6. The lowest BCUT2D eigenvalue weighted by Gasteiger charge is -2.37. The first kappa shape index (κ1) is 18.2. The molecule has 2 aromatic rings. The van der Waals surface area contributed by atoms with Crippen molar-refractivity contribution in [3.63, 3.8) is 0 Å². The van der Waals surface area contributed by atoms with Gasteiger partial charge in [-0.3, -0.25) is 4.79 Å². The standard InChI is InChI=1S/C22H25N5O2/c23-13-17-11-16-3-1-2-4-19(16)25-20(17)27-8-5-22(6-9-27)12-18(29-21(22)28)14-26-10-7-24-15-26/h7,10-11,15,18H,1-6,8-9,12,14H2. The lowest BCUT2D eigenvalue weighted by molar-refractivity contribution is -0.150. The molecule has 1 atom stereocenters. The highest BCUT2D eigenvalue weighted by Gasteiger charge is 2.50. The van der Waals surface area contributed by atoms with E-state index in [1.165, 1.54) is 18.4 Å². The molecule has 0 radical (unpaired) electrons. The van der Waals surface area contributed by atoms with Crippen LogP contribution >= 0.6 is 0 Å². The van der Waals surface area contributed by atoms with Crippen LogP contribution in [0.25, 0.3) is 0 Å². The number of carbonyl (C=O) groups excluding carboxylic acids is 1. The molecular weight excluding hydrogens is 366 g/mol. The van der Waals surface area contributed by atoms with Gasteiger partial charge in [0.15, 0.2) is 0 Å². The highest BCUT2D eigenvalue weighted by Crippen LogP contribution is 2.44.